The van der Waals surface area contributed by atoms with Crippen LogP contribution < -0.4 is 0 Å². The molecule has 3 aliphatic rings. The predicted octanol–water partition coefficient (Wildman–Crippen LogP) is 7.86. The van der Waals surface area contributed by atoms with Gasteiger partial charge in [0.25, 0.3) is 0 Å². The quantitative estimate of drug-likeness (QED) is 0.464. The van der Waals surface area contributed by atoms with Crippen molar-refractivity contribution < 1.29 is 0 Å². The molecule has 0 radical (unpaired) electrons. The van der Waals surface area contributed by atoms with Crippen LogP contribution in [0.3, 0.4) is 0 Å². The maximum absolute atomic E-state index is 2.56. The zero-order chi connectivity index (χ0) is 16.9. The van der Waals surface area contributed by atoms with Gasteiger partial charge in [-0.15, -0.1) is 0 Å². The van der Waals surface area contributed by atoms with Gasteiger partial charge in [-0.2, -0.15) is 0 Å². The van der Waals surface area contributed by atoms with Crippen LogP contribution in [0, 0.1) is 41.4 Å². The van der Waals surface area contributed by atoms with Crippen molar-refractivity contribution >= 4 is 0 Å². The molecule has 0 aromatic rings. The van der Waals surface area contributed by atoms with Crippen molar-refractivity contribution in [1.29, 1.82) is 0 Å². The van der Waals surface area contributed by atoms with E-state index in [-0.39, 0.29) is 0 Å². The zero-order valence-corrected chi connectivity index (χ0v) is 16.9. The Kier molecular flexibility index (Phi) is 7.11. The normalized spacial score (nSPS) is 41.6. The van der Waals surface area contributed by atoms with E-state index in [4.69, 9.17) is 0 Å². The van der Waals surface area contributed by atoms with Gasteiger partial charge in [-0.3, -0.25) is 0 Å². The molecule has 0 bridgehead atoms. The van der Waals surface area contributed by atoms with Crippen LogP contribution in [0.25, 0.3) is 0 Å². The lowest BCUT2D eigenvalue weighted by atomic mass is 9.74. The van der Waals surface area contributed by atoms with Crippen molar-refractivity contribution in [3.05, 3.63) is 0 Å². The Morgan fingerprint density at radius 3 is 1.75 bits per heavy atom. The molecule has 3 rings (SSSR count). The van der Waals surface area contributed by atoms with Crippen LogP contribution in [-0.4, -0.2) is 0 Å². The van der Waals surface area contributed by atoms with E-state index in [2.05, 4.69) is 20.8 Å². The SMILES string of the molecule is CCC1CC(CC2CCC(CCC3CCCCC3)CC2)C(C)C1C. The van der Waals surface area contributed by atoms with Gasteiger partial charge in [0, 0.05) is 0 Å². The molecule has 24 heavy (non-hydrogen) atoms. The fourth-order valence-corrected chi connectivity index (χ4v) is 6.66. The first-order valence-corrected chi connectivity index (χ1v) is 11.7. The maximum Gasteiger partial charge on any atom is -0.0380 e. The average molecular weight is 333 g/mol. The molecule has 0 saturated heterocycles. The summed E-state index contributed by atoms with van der Waals surface area (Å²) in [7, 11) is 0. The van der Waals surface area contributed by atoms with Crippen LogP contribution in [0.5, 0.6) is 0 Å². The largest absolute Gasteiger partial charge is 0.0651 e. The van der Waals surface area contributed by atoms with Crippen LogP contribution in [0.4, 0.5) is 0 Å². The monoisotopic (exact) mass is 332 g/mol. The minimum Gasteiger partial charge on any atom is -0.0651 e. The van der Waals surface area contributed by atoms with Gasteiger partial charge in [0.15, 0.2) is 0 Å². The standard InChI is InChI=1S/C24H44/c1-4-23-17-24(19(3)18(23)2)16-22-14-12-21(13-15-22)11-10-20-8-6-5-7-9-20/h18-24H,4-17H2,1-3H3. The molecule has 0 spiro atoms. The molecular weight excluding hydrogens is 288 g/mol. The highest BCUT2D eigenvalue weighted by Gasteiger charge is 2.38. The van der Waals surface area contributed by atoms with Crippen LogP contribution in [0.2, 0.25) is 0 Å². The number of hydrogen-bond acceptors (Lipinski definition) is 0. The Balaban J connectivity index is 1.35. The summed E-state index contributed by atoms with van der Waals surface area (Å²) >= 11 is 0. The fraction of sp³-hybridized carbons (Fsp3) is 1.00. The van der Waals surface area contributed by atoms with E-state index in [0.29, 0.717) is 0 Å². The molecule has 0 N–H and O–H groups in total. The van der Waals surface area contributed by atoms with Gasteiger partial charge in [0.2, 0.25) is 0 Å². The summed E-state index contributed by atoms with van der Waals surface area (Å²) in [5.41, 5.74) is 0. The van der Waals surface area contributed by atoms with Crippen molar-refractivity contribution in [1.82, 2.24) is 0 Å². The molecule has 3 fully saturated rings. The summed E-state index contributed by atoms with van der Waals surface area (Å²) in [6.45, 7) is 7.50. The third-order valence-corrected chi connectivity index (χ3v) is 8.76. The van der Waals surface area contributed by atoms with E-state index in [1.165, 1.54) is 25.7 Å². The van der Waals surface area contributed by atoms with Gasteiger partial charge < -0.3 is 0 Å². The molecule has 0 aromatic heterocycles. The Bertz CT molecular complexity index is 345. The van der Waals surface area contributed by atoms with E-state index in [9.17, 15) is 0 Å². The lowest BCUT2D eigenvalue weighted by molar-refractivity contribution is 0.196. The topological polar surface area (TPSA) is 0 Å². The van der Waals surface area contributed by atoms with Gasteiger partial charge >= 0.3 is 0 Å². The van der Waals surface area contributed by atoms with Gasteiger partial charge in [-0.1, -0.05) is 97.8 Å². The molecule has 4 unspecified atom stereocenters. The molecule has 3 aliphatic carbocycles. The maximum atomic E-state index is 2.56. The van der Waals surface area contributed by atoms with Gasteiger partial charge in [-0.25, -0.2) is 0 Å². The molecule has 0 heteroatoms. The second-order valence-electron chi connectivity index (χ2n) is 10.1. The summed E-state index contributed by atoms with van der Waals surface area (Å²) in [6, 6.07) is 0. The average Bonchev–Trinajstić information content (AvgIpc) is 2.90. The molecule has 0 amide bonds. The van der Waals surface area contributed by atoms with Crippen LogP contribution in [0.1, 0.15) is 111 Å². The Morgan fingerprint density at radius 2 is 1.17 bits per heavy atom. The molecule has 0 heterocycles. The van der Waals surface area contributed by atoms with Crippen molar-refractivity contribution in [2.75, 3.05) is 0 Å². The van der Waals surface area contributed by atoms with Gasteiger partial charge in [0.1, 0.15) is 0 Å². The predicted molar refractivity (Wildman–Crippen MR) is 106 cm³/mol. The lowest BCUT2D eigenvalue weighted by Crippen LogP contribution is -2.20. The first kappa shape index (κ1) is 18.8. The summed E-state index contributed by atoms with van der Waals surface area (Å²) < 4.78 is 0. The van der Waals surface area contributed by atoms with E-state index in [1.807, 2.05) is 0 Å². The Morgan fingerprint density at radius 1 is 0.625 bits per heavy atom. The van der Waals surface area contributed by atoms with Crippen molar-refractivity contribution in [2.45, 2.75) is 111 Å². The molecule has 0 aromatic carbocycles. The zero-order valence-electron chi connectivity index (χ0n) is 16.9. The van der Waals surface area contributed by atoms with Crippen LogP contribution >= 0.6 is 0 Å². The van der Waals surface area contributed by atoms with E-state index >= 15 is 0 Å². The lowest BCUT2D eigenvalue weighted by Gasteiger charge is -2.32. The summed E-state index contributed by atoms with van der Waals surface area (Å²) in [5.74, 6) is 7.30. The van der Waals surface area contributed by atoms with E-state index < -0.39 is 0 Å². The summed E-state index contributed by atoms with van der Waals surface area (Å²) in [6.07, 6.45) is 21.5. The van der Waals surface area contributed by atoms with E-state index in [0.717, 1.165) is 41.4 Å². The third kappa shape index (κ3) is 4.79. The number of rotatable bonds is 6. The molecule has 140 valence electrons. The van der Waals surface area contributed by atoms with Gasteiger partial charge in [0.05, 0.1) is 0 Å². The second-order valence-corrected chi connectivity index (χ2v) is 10.1. The Labute approximate surface area is 152 Å². The molecule has 3 saturated carbocycles. The molecule has 0 nitrogen and oxygen atoms in total. The highest BCUT2D eigenvalue weighted by atomic mass is 14.4. The smallest absolute Gasteiger partial charge is 0.0380 e. The van der Waals surface area contributed by atoms with Crippen molar-refractivity contribution in [2.24, 2.45) is 41.4 Å². The highest BCUT2D eigenvalue weighted by Crippen LogP contribution is 2.47. The summed E-state index contributed by atoms with van der Waals surface area (Å²) in [4.78, 5) is 0. The molecule has 4 atom stereocenters. The van der Waals surface area contributed by atoms with E-state index in [1.54, 1.807) is 64.2 Å². The molecular formula is C24H44. The minimum atomic E-state index is 0.979. The third-order valence-electron chi connectivity index (χ3n) is 8.76. The number of hydrogen-bond donors (Lipinski definition) is 0. The minimum absolute atomic E-state index is 0.979. The first-order chi connectivity index (χ1) is 11.7. The van der Waals surface area contributed by atoms with Crippen molar-refractivity contribution in [3.63, 3.8) is 0 Å². The van der Waals surface area contributed by atoms with Gasteiger partial charge in [-0.05, 0) is 54.3 Å². The second kappa shape index (κ2) is 9.09. The van der Waals surface area contributed by atoms with Crippen molar-refractivity contribution in [3.8, 4) is 0 Å². The highest BCUT2D eigenvalue weighted by molar-refractivity contribution is 4.88. The summed E-state index contributed by atoms with van der Waals surface area (Å²) in [5, 5.41) is 0. The molecule has 0 aliphatic heterocycles. The first-order valence-electron chi connectivity index (χ1n) is 11.7. The van der Waals surface area contributed by atoms with Crippen LogP contribution in [0.15, 0.2) is 0 Å². The fourth-order valence-electron chi connectivity index (χ4n) is 6.66. The Hall–Kier alpha value is 0. The van der Waals surface area contributed by atoms with Crippen LogP contribution in [-0.2, 0) is 0 Å².